The first-order valence-electron chi connectivity index (χ1n) is 18.6. The maximum absolute atomic E-state index is 12.7. The van der Waals surface area contributed by atoms with Gasteiger partial charge in [0.25, 0.3) is 0 Å². The van der Waals surface area contributed by atoms with E-state index in [-0.39, 0.29) is 18.0 Å². The van der Waals surface area contributed by atoms with Crippen molar-refractivity contribution in [3.63, 3.8) is 0 Å². The first-order valence-corrected chi connectivity index (χ1v) is 19.5. The molecular weight excluding hydrogens is 727 g/mol. The summed E-state index contributed by atoms with van der Waals surface area (Å²) in [5.41, 5.74) is 5.44. The molecule has 0 fully saturated rings. The summed E-state index contributed by atoms with van der Waals surface area (Å²) in [5.74, 6) is -1.24. The molecule has 8 rings (SSSR count). The van der Waals surface area contributed by atoms with E-state index in [2.05, 4.69) is 92.8 Å². The van der Waals surface area contributed by atoms with Crippen molar-refractivity contribution >= 4 is 28.1 Å². The van der Waals surface area contributed by atoms with E-state index in [9.17, 15) is 9.90 Å². The first kappa shape index (κ1) is 36.9. The molecule has 0 saturated heterocycles. The maximum Gasteiger partial charge on any atom is 0.360 e. The predicted octanol–water partition coefficient (Wildman–Crippen LogP) is 9.63. The van der Waals surface area contributed by atoms with Gasteiger partial charge in [-0.25, -0.2) is 14.8 Å². The van der Waals surface area contributed by atoms with Gasteiger partial charge in [0.2, 0.25) is 5.71 Å². The highest BCUT2D eigenvalue weighted by molar-refractivity contribution is 7.14. The van der Waals surface area contributed by atoms with Crippen molar-refractivity contribution in [2.24, 2.45) is 5.16 Å². The number of imidazole rings is 1. The van der Waals surface area contributed by atoms with E-state index in [1.807, 2.05) is 122 Å². The van der Waals surface area contributed by atoms with Gasteiger partial charge in [-0.1, -0.05) is 187 Å². The molecule has 0 aliphatic heterocycles. The van der Waals surface area contributed by atoms with Crippen LogP contribution in [-0.2, 0) is 27.1 Å². The third kappa shape index (κ3) is 7.24. The highest BCUT2D eigenvalue weighted by atomic mass is 32.1. The van der Waals surface area contributed by atoms with E-state index >= 15 is 0 Å². The lowest BCUT2D eigenvalue weighted by Gasteiger charge is -2.38. The number of aliphatic carboxylic acids is 1. The van der Waals surface area contributed by atoms with Crippen molar-refractivity contribution in [1.29, 1.82) is 0 Å². The molecule has 9 heteroatoms. The molecule has 0 bridgehead atoms. The lowest BCUT2D eigenvalue weighted by atomic mass is 9.76. The summed E-state index contributed by atoms with van der Waals surface area (Å²) in [6, 6.07) is 61.6. The third-order valence-corrected chi connectivity index (χ3v) is 10.9. The van der Waals surface area contributed by atoms with Gasteiger partial charge >= 0.3 is 5.97 Å². The summed E-state index contributed by atoms with van der Waals surface area (Å²) in [4.78, 5) is 27.8. The molecule has 0 unspecified atom stereocenters. The number of nitrogens with one attached hydrogen (secondary N) is 1. The molecule has 0 atom stereocenters. The Balaban J connectivity index is 1.09. The number of thiazole rings is 1. The van der Waals surface area contributed by atoms with Crippen LogP contribution in [0.25, 0.3) is 0 Å². The Hall–Kier alpha value is -7.10. The predicted molar refractivity (Wildman–Crippen MR) is 226 cm³/mol. The third-order valence-electron chi connectivity index (χ3n) is 10.1. The van der Waals surface area contributed by atoms with Crippen molar-refractivity contribution in [3.05, 3.63) is 245 Å². The second-order valence-electron chi connectivity index (χ2n) is 13.4. The fourth-order valence-corrected chi connectivity index (χ4v) is 8.35. The van der Waals surface area contributed by atoms with Gasteiger partial charge < -0.3 is 19.8 Å². The number of nitrogens with zero attached hydrogens (tertiary/aromatic N) is 4. The minimum atomic E-state index is -1.24. The Morgan fingerprint density at radius 3 is 1.49 bits per heavy atom. The zero-order valence-electron chi connectivity index (χ0n) is 30.9. The molecule has 280 valence electrons. The average molecular weight is 766 g/mol. The van der Waals surface area contributed by atoms with Crippen LogP contribution in [-0.4, -0.2) is 37.9 Å². The van der Waals surface area contributed by atoms with Gasteiger partial charge in [-0.3, -0.25) is 0 Å². The monoisotopic (exact) mass is 765 g/mol. The van der Waals surface area contributed by atoms with Crippen LogP contribution in [0, 0.1) is 0 Å². The van der Waals surface area contributed by atoms with Crippen LogP contribution < -0.4 is 5.32 Å². The Bertz CT molecular complexity index is 2350. The van der Waals surface area contributed by atoms with Gasteiger partial charge in [-0.05, 0) is 33.4 Å². The van der Waals surface area contributed by atoms with Crippen LogP contribution in [0.15, 0.2) is 205 Å². The lowest BCUT2D eigenvalue weighted by Crippen LogP contribution is -2.38. The molecule has 6 aromatic carbocycles. The minimum absolute atomic E-state index is 0.102. The number of carboxylic acids is 1. The standard InChI is InChI=1S/C48H39N5O3S/c54-45(55)44(43-34-57-46(50-43)51-47(36-19-7-1-8-20-36,37-21-9-2-10-22-37)38-23-11-3-12-24-38)52-56-32-31-42-33-49-35-53(42)48(39-25-13-4-14-26-39,40-27-15-5-16-28-40)41-29-17-6-18-30-41/h1-30,33-35H,31-32H2,(H,50,51)(H,54,55). The Kier molecular flexibility index (Phi) is 10.8. The van der Waals surface area contributed by atoms with E-state index in [1.165, 1.54) is 11.3 Å². The molecule has 0 spiro atoms. The number of benzene rings is 6. The molecule has 2 N–H and O–H groups in total. The average Bonchev–Trinajstić information content (AvgIpc) is 3.95. The molecule has 57 heavy (non-hydrogen) atoms. The largest absolute Gasteiger partial charge is 0.476 e. The summed E-state index contributed by atoms with van der Waals surface area (Å²) in [5, 5.41) is 20.4. The zero-order chi connectivity index (χ0) is 38.9. The molecule has 8 nitrogen and oxygen atoms in total. The van der Waals surface area contributed by atoms with Crippen LogP contribution in [0.2, 0.25) is 0 Å². The van der Waals surface area contributed by atoms with Crippen LogP contribution in [0.5, 0.6) is 0 Å². The molecule has 8 aromatic rings. The van der Waals surface area contributed by atoms with Gasteiger partial charge in [-0.15, -0.1) is 11.3 Å². The Morgan fingerprint density at radius 2 is 1.07 bits per heavy atom. The van der Waals surface area contributed by atoms with Gasteiger partial charge in [0.05, 0.1) is 6.33 Å². The number of hydrogen-bond acceptors (Lipinski definition) is 7. The Labute approximate surface area is 335 Å². The SMILES string of the molecule is O=C(O)C(=NOCCc1cncn1C(c1ccccc1)(c1ccccc1)c1ccccc1)c1csc(NC(c2ccccc2)(c2ccccc2)c2ccccc2)n1. The van der Waals surface area contributed by atoms with Crippen LogP contribution in [0.3, 0.4) is 0 Å². The van der Waals surface area contributed by atoms with Crippen molar-refractivity contribution in [2.75, 3.05) is 11.9 Å². The summed E-state index contributed by atoms with van der Waals surface area (Å²) in [6.45, 7) is 0.102. The normalized spacial score (nSPS) is 11.9. The number of oxime groups is 1. The number of carbonyl (C=O) groups is 1. The molecule has 2 heterocycles. The second kappa shape index (κ2) is 16.7. The lowest BCUT2D eigenvalue weighted by molar-refractivity contribution is -0.129. The second-order valence-corrected chi connectivity index (χ2v) is 14.3. The van der Waals surface area contributed by atoms with Gasteiger partial charge in [0, 0.05) is 23.7 Å². The van der Waals surface area contributed by atoms with E-state index in [0.717, 1.165) is 39.1 Å². The van der Waals surface area contributed by atoms with E-state index in [1.54, 1.807) is 5.38 Å². The minimum Gasteiger partial charge on any atom is -0.476 e. The summed E-state index contributed by atoms with van der Waals surface area (Å²) < 4.78 is 2.18. The molecule has 0 saturated carbocycles. The van der Waals surface area contributed by atoms with Crippen molar-refractivity contribution in [1.82, 2.24) is 14.5 Å². The van der Waals surface area contributed by atoms with Crippen molar-refractivity contribution in [3.8, 4) is 0 Å². The van der Waals surface area contributed by atoms with Gasteiger partial charge in [0.1, 0.15) is 23.4 Å². The fourth-order valence-electron chi connectivity index (χ4n) is 7.60. The zero-order valence-corrected chi connectivity index (χ0v) is 31.7. The number of rotatable bonds is 15. The number of anilines is 1. The number of carboxylic acid groups (broad SMARTS) is 1. The molecule has 0 aliphatic rings. The number of aromatic nitrogens is 3. The van der Waals surface area contributed by atoms with Crippen LogP contribution in [0.1, 0.15) is 44.8 Å². The van der Waals surface area contributed by atoms with E-state index < -0.39 is 17.0 Å². The highest BCUT2D eigenvalue weighted by Gasteiger charge is 2.40. The first-order chi connectivity index (χ1) is 28.1. The van der Waals surface area contributed by atoms with Gasteiger partial charge in [0.15, 0.2) is 5.13 Å². The smallest absolute Gasteiger partial charge is 0.360 e. The van der Waals surface area contributed by atoms with E-state index in [0.29, 0.717) is 11.6 Å². The highest BCUT2D eigenvalue weighted by Crippen LogP contribution is 2.42. The quantitative estimate of drug-likeness (QED) is 0.0467. The van der Waals surface area contributed by atoms with Crippen LogP contribution >= 0.6 is 11.3 Å². The molecular formula is C48H39N5O3S. The summed E-state index contributed by atoms with van der Waals surface area (Å²) in [7, 11) is 0. The molecule has 2 aromatic heterocycles. The van der Waals surface area contributed by atoms with Crippen molar-refractivity contribution < 1.29 is 14.7 Å². The molecule has 0 amide bonds. The molecule has 0 aliphatic carbocycles. The van der Waals surface area contributed by atoms with Gasteiger partial charge in [-0.2, -0.15) is 0 Å². The van der Waals surface area contributed by atoms with Crippen LogP contribution in [0.4, 0.5) is 5.13 Å². The maximum atomic E-state index is 12.7. The Morgan fingerprint density at radius 1 is 0.649 bits per heavy atom. The number of hydrogen-bond donors (Lipinski definition) is 2. The fraction of sp³-hybridized carbons (Fsp3) is 0.0833. The summed E-state index contributed by atoms with van der Waals surface area (Å²) >= 11 is 1.31. The van der Waals surface area contributed by atoms with Crippen molar-refractivity contribution in [2.45, 2.75) is 17.5 Å². The molecule has 0 radical (unpaired) electrons. The summed E-state index contributed by atoms with van der Waals surface area (Å²) in [6.07, 6.45) is 4.08. The topological polar surface area (TPSA) is 102 Å². The van der Waals surface area contributed by atoms with E-state index in [4.69, 9.17) is 9.82 Å².